The molecular formula is C24H32N2O. The van der Waals surface area contributed by atoms with Crippen LogP contribution in [0.15, 0.2) is 30.5 Å². The van der Waals surface area contributed by atoms with Crippen LogP contribution in [0.4, 0.5) is 0 Å². The Labute approximate surface area is 162 Å². The molecule has 0 amide bonds. The minimum absolute atomic E-state index is 0.314. The van der Waals surface area contributed by atoms with Crippen molar-refractivity contribution in [3.8, 4) is 0 Å². The Morgan fingerprint density at radius 1 is 1.07 bits per heavy atom. The highest BCUT2D eigenvalue weighted by Gasteiger charge is 2.34. The quantitative estimate of drug-likeness (QED) is 0.690. The predicted molar refractivity (Wildman–Crippen MR) is 111 cm³/mol. The molecule has 1 fully saturated rings. The third kappa shape index (κ3) is 3.00. The summed E-state index contributed by atoms with van der Waals surface area (Å²) in [5.41, 5.74) is 6.23. The minimum atomic E-state index is 0.314. The van der Waals surface area contributed by atoms with Gasteiger partial charge in [-0.15, -0.1) is 0 Å². The maximum atomic E-state index is 9.55. The Bertz CT molecular complexity index is 859. The van der Waals surface area contributed by atoms with Gasteiger partial charge < -0.3 is 9.67 Å². The number of rotatable bonds is 4. The van der Waals surface area contributed by atoms with Gasteiger partial charge in [-0.25, -0.2) is 0 Å². The lowest BCUT2D eigenvalue weighted by molar-refractivity contribution is 0.138. The van der Waals surface area contributed by atoms with Crippen LogP contribution in [0.3, 0.4) is 0 Å². The third-order valence-electron chi connectivity index (χ3n) is 7.27. The summed E-state index contributed by atoms with van der Waals surface area (Å²) in [6.07, 6.45) is 11.4. The summed E-state index contributed by atoms with van der Waals surface area (Å²) in [5, 5.41) is 11.1. The highest BCUT2D eigenvalue weighted by Crippen LogP contribution is 2.44. The van der Waals surface area contributed by atoms with Gasteiger partial charge in [-0.05, 0) is 61.3 Å². The normalized spacial score (nSPS) is 23.5. The van der Waals surface area contributed by atoms with E-state index in [-0.39, 0.29) is 0 Å². The van der Waals surface area contributed by atoms with E-state index in [1.165, 1.54) is 62.3 Å². The molecule has 2 aliphatic carbocycles. The van der Waals surface area contributed by atoms with Crippen LogP contribution in [0.1, 0.15) is 80.1 Å². The summed E-state index contributed by atoms with van der Waals surface area (Å²) < 4.78 is 2.61. The number of benzene rings is 1. The van der Waals surface area contributed by atoms with Gasteiger partial charge in [0.05, 0.1) is 11.8 Å². The maximum absolute atomic E-state index is 9.55. The number of aromatic nitrogens is 1. The topological polar surface area (TPSA) is 28.4 Å². The van der Waals surface area contributed by atoms with Crippen LogP contribution in [-0.2, 0) is 13.0 Å². The molecule has 0 bridgehead atoms. The fourth-order valence-electron chi connectivity index (χ4n) is 5.92. The predicted octanol–water partition coefficient (Wildman–Crippen LogP) is 5.84. The van der Waals surface area contributed by atoms with E-state index in [2.05, 4.69) is 34.2 Å². The van der Waals surface area contributed by atoms with E-state index < -0.39 is 0 Å². The van der Waals surface area contributed by atoms with Gasteiger partial charge in [-0.3, -0.25) is 4.90 Å². The molecule has 27 heavy (non-hydrogen) atoms. The number of nitrogens with zero attached hydrogens (tertiary/aromatic N) is 2. The Hall–Kier alpha value is -1.74. The van der Waals surface area contributed by atoms with Crippen molar-refractivity contribution in [2.24, 2.45) is 0 Å². The van der Waals surface area contributed by atoms with Gasteiger partial charge in [-0.1, -0.05) is 31.9 Å². The molecule has 3 aliphatic rings. The second kappa shape index (κ2) is 7.01. The van der Waals surface area contributed by atoms with Gasteiger partial charge in [-0.2, -0.15) is 0 Å². The number of aryl methyl sites for hydroxylation is 1. The second-order valence-corrected chi connectivity index (χ2v) is 8.89. The molecular weight excluding hydrogens is 332 g/mol. The second-order valence-electron chi connectivity index (χ2n) is 8.89. The fraction of sp³-hybridized carbons (Fsp3) is 0.583. The highest BCUT2D eigenvalue weighted by molar-refractivity contribution is 5.87. The van der Waals surface area contributed by atoms with E-state index in [4.69, 9.17) is 0 Å². The first-order valence-corrected chi connectivity index (χ1v) is 11.0. The number of hydrogen-bond donors (Lipinski definition) is 1. The van der Waals surface area contributed by atoms with Gasteiger partial charge in [0.2, 0.25) is 0 Å². The zero-order chi connectivity index (χ0) is 18.4. The van der Waals surface area contributed by atoms with E-state index >= 15 is 0 Å². The molecule has 1 N–H and O–H groups in total. The summed E-state index contributed by atoms with van der Waals surface area (Å²) in [7, 11) is 0. The Morgan fingerprint density at radius 3 is 2.74 bits per heavy atom. The molecule has 2 aromatic rings. The Kier molecular flexibility index (Phi) is 4.51. The molecule has 1 aromatic heterocycles. The van der Waals surface area contributed by atoms with Crippen LogP contribution in [0.25, 0.3) is 10.9 Å². The van der Waals surface area contributed by atoms with E-state index in [0.29, 0.717) is 18.2 Å². The molecule has 5 rings (SSSR count). The van der Waals surface area contributed by atoms with Crippen molar-refractivity contribution in [2.75, 3.05) is 13.1 Å². The molecule has 144 valence electrons. The van der Waals surface area contributed by atoms with Crippen LogP contribution in [-0.4, -0.2) is 27.7 Å². The monoisotopic (exact) mass is 364 g/mol. The lowest BCUT2D eigenvalue weighted by atomic mass is 9.83. The molecule has 0 radical (unpaired) electrons. The summed E-state index contributed by atoms with van der Waals surface area (Å²) in [6.45, 7) is 6.76. The molecule has 1 aliphatic heterocycles. The van der Waals surface area contributed by atoms with E-state index in [0.717, 1.165) is 25.6 Å². The third-order valence-corrected chi connectivity index (χ3v) is 7.27. The minimum Gasteiger partial charge on any atom is -0.513 e. The molecule has 1 saturated carbocycles. The summed E-state index contributed by atoms with van der Waals surface area (Å²) in [5.74, 6) is 1.09. The van der Waals surface area contributed by atoms with Crippen LogP contribution < -0.4 is 0 Å². The zero-order valence-electron chi connectivity index (χ0n) is 16.4. The summed E-state index contributed by atoms with van der Waals surface area (Å²) in [4.78, 5) is 2.58. The average molecular weight is 365 g/mol. The van der Waals surface area contributed by atoms with Crippen molar-refractivity contribution in [3.05, 3.63) is 47.4 Å². The molecule has 2 heterocycles. The first-order valence-electron chi connectivity index (χ1n) is 11.0. The van der Waals surface area contributed by atoms with Crippen molar-refractivity contribution in [3.63, 3.8) is 0 Å². The lowest BCUT2D eigenvalue weighted by Crippen LogP contribution is -2.40. The highest BCUT2D eigenvalue weighted by atomic mass is 16.3. The van der Waals surface area contributed by atoms with Gasteiger partial charge in [0, 0.05) is 42.7 Å². The van der Waals surface area contributed by atoms with E-state index in [1.807, 2.05) is 0 Å². The number of aliphatic hydroxyl groups excluding tert-OH is 1. The molecule has 3 heteroatoms. The van der Waals surface area contributed by atoms with Crippen LogP contribution in [0, 0.1) is 0 Å². The Morgan fingerprint density at radius 2 is 1.93 bits per heavy atom. The maximum Gasteiger partial charge on any atom is 0.0863 e. The summed E-state index contributed by atoms with van der Waals surface area (Å²) >= 11 is 0. The number of aliphatic hydroxyl groups is 1. The zero-order valence-corrected chi connectivity index (χ0v) is 16.4. The van der Waals surface area contributed by atoms with Gasteiger partial charge in [0.1, 0.15) is 0 Å². The molecule has 3 nitrogen and oxygen atoms in total. The first-order chi connectivity index (χ1) is 13.2. The SMILES string of the molecule is C=C(O)CCN1CCn2c3c(c4cc(C5CCCCC5)ccc42)CCCC31. The number of hydrogen-bond acceptors (Lipinski definition) is 2. The van der Waals surface area contributed by atoms with Crippen molar-refractivity contribution in [1.82, 2.24) is 9.47 Å². The van der Waals surface area contributed by atoms with Crippen molar-refractivity contribution in [1.29, 1.82) is 0 Å². The number of fused-ring (bicyclic) bond motifs is 3. The fourth-order valence-corrected chi connectivity index (χ4v) is 5.92. The van der Waals surface area contributed by atoms with Crippen LogP contribution in [0.5, 0.6) is 0 Å². The van der Waals surface area contributed by atoms with Gasteiger partial charge >= 0.3 is 0 Å². The van der Waals surface area contributed by atoms with Crippen molar-refractivity contribution in [2.45, 2.75) is 76.3 Å². The largest absolute Gasteiger partial charge is 0.513 e. The summed E-state index contributed by atoms with van der Waals surface area (Å²) in [6, 6.07) is 7.91. The molecule has 1 aromatic carbocycles. The van der Waals surface area contributed by atoms with E-state index in [9.17, 15) is 5.11 Å². The first kappa shape index (κ1) is 17.4. The standard InChI is InChI=1S/C24H32N2O/c1-17(27)12-13-25-14-15-26-22-11-10-19(18-6-3-2-4-7-18)16-21(22)20-8-5-9-23(25)24(20)26/h10-11,16,18,23,27H,1-9,12-15H2. The van der Waals surface area contributed by atoms with Gasteiger partial charge in [0.25, 0.3) is 0 Å². The smallest absolute Gasteiger partial charge is 0.0863 e. The van der Waals surface area contributed by atoms with Crippen molar-refractivity contribution >= 4 is 10.9 Å². The molecule has 1 unspecified atom stereocenters. The lowest BCUT2D eigenvalue weighted by Gasteiger charge is -2.40. The van der Waals surface area contributed by atoms with Gasteiger partial charge in [0.15, 0.2) is 0 Å². The van der Waals surface area contributed by atoms with E-state index in [1.54, 1.807) is 16.8 Å². The molecule has 1 atom stereocenters. The van der Waals surface area contributed by atoms with Crippen LogP contribution in [0.2, 0.25) is 0 Å². The average Bonchev–Trinajstić information content (AvgIpc) is 3.03. The van der Waals surface area contributed by atoms with Crippen molar-refractivity contribution < 1.29 is 5.11 Å². The van der Waals surface area contributed by atoms with Crippen LogP contribution >= 0.6 is 0 Å². The molecule has 0 spiro atoms. The molecule has 0 saturated heterocycles. The Balaban J connectivity index is 1.53.